The molecule has 0 unspecified atom stereocenters. The Morgan fingerprint density at radius 1 is 1.03 bits per heavy atom. The van der Waals surface area contributed by atoms with Crippen molar-refractivity contribution < 1.29 is 4.79 Å². The SMILES string of the molecule is Cc1ccc(-c2nn3c(=O)cc(CN4CCN(C(=O)Nc5ccc(C)cc5Cl)CC4)nc3s2)cc1. The predicted octanol–water partition coefficient (Wildman–Crippen LogP) is 4.44. The Bertz CT molecular complexity index is 1440. The number of carbonyl (C=O) groups is 1. The van der Waals surface area contributed by atoms with Gasteiger partial charge in [-0.15, -0.1) is 0 Å². The van der Waals surface area contributed by atoms with E-state index < -0.39 is 0 Å². The third-order valence-corrected chi connectivity index (χ3v) is 7.28. The highest BCUT2D eigenvalue weighted by Crippen LogP contribution is 2.25. The van der Waals surface area contributed by atoms with Crippen LogP contribution in [0.15, 0.2) is 53.3 Å². The maximum Gasteiger partial charge on any atom is 0.321 e. The number of anilines is 1. The van der Waals surface area contributed by atoms with Gasteiger partial charge in [0.1, 0.15) is 5.01 Å². The zero-order chi connectivity index (χ0) is 24.5. The number of nitrogens with one attached hydrogen (secondary N) is 1. The van der Waals surface area contributed by atoms with E-state index in [0.29, 0.717) is 54.1 Å². The van der Waals surface area contributed by atoms with E-state index in [-0.39, 0.29) is 11.6 Å². The molecule has 4 aromatic rings. The second kappa shape index (κ2) is 9.77. The normalized spacial score (nSPS) is 14.4. The number of benzene rings is 2. The topological polar surface area (TPSA) is 82.8 Å². The molecule has 1 aliphatic heterocycles. The zero-order valence-corrected chi connectivity index (χ0v) is 21.1. The van der Waals surface area contributed by atoms with Crippen LogP contribution in [-0.2, 0) is 6.54 Å². The molecule has 10 heteroatoms. The van der Waals surface area contributed by atoms with E-state index in [2.05, 4.69) is 15.3 Å². The molecule has 2 amide bonds. The molecule has 2 aromatic heterocycles. The number of amides is 2. The Labute approximate surface area is 211 Å². The number of carbonyl (C=O) groups excluding carboxylic acids is 1. The number of aryl methyl sites for hydroxylation is 2. The number of rotatable bonds is 4. The first-order chi connectivity index (χ1) is 16.9. The third kappa shape index (κ3) is 5.22. The lowest BCUT2D eigenvalue weighted by molar-refractivity contribution is 0.142. The number of nitrogens with zero attached hydrogens (tertiary/aromatic N) is 5. The van der Waals surface area contributed by atoms with E-state index in [0.717, 1.165) is 16.1 Å². The Hall–Kier alpha value is -3.27. The number of hydrogen-bond acceptors (Lipinski definition) is 6. The Morgan fingerprint density at radius 3 is 2.46 bits per heavy atom. The fraction of sp³-hybridized carbons (Fsp3) is 0.280. The van der Waals surface area contributed by atoms with E-state index in [1.807, 2.05) is 56.3 Å². The number of fused-ring (bicyclic) bond motifs is 1. The van der Waals surface area contributed by atoms with Crippen molar-refractivity contribution in [3.8, 4) is 10.6 Å². The first-order valence-electron chi connectivity index (χ1n) is 11.4. The molecule has 1 aliphatic rings. The van der Waals surface area contributed by atoms with Crippen LogP contribution in [-0.4, -0.2) is 56.6 Å². The average Bonchev–Trinajstić information content (AvgIpc) is 3.26. The van der Waals surface area contributed by atoms with Crippen molar-refractivity contribution in [3.05, 3.63) is 80.7 Å². The fourth-order valence-electron chi connectivity index (χ4n) is 4.00. The highest BCUT2D eigenvalue weighted by molar-refractivity contribution is 7.19. The summed E-state index contributed by atoms with van der Waals surface area (Å²) in [5.41, 5.74) is 4.30. The van der Waals surface area contributed by atoms with Crippen LogP contribution < -0.4 is 10.9 Å². The van der Waals surface area contributed by atoms with Gasteiger partial charge in [-0.05, 0) is 31.5 Å². The van der Waals surface area contributed by atoms with E-state index in [1.54, 1.807) is 11.0 Å². The minimum absolute atomic E-state index is 0.165. The van der Waals surface area contributed by atoms with Gasteiger partial charge in [0, 0.05) is 44.4 Å². The monoisotopic (exact) mass is 508 g/mol. The van der Waals surface area contributed by atoms with Crippen molar-refractivity contribution in [1.29, 1.82) is 0 Å². The largest absolute Gasteiger partial charge is 0.322 e. The number of urea groups is 1. The summed E-state index contributed by atoms with van der Waals surface area (Å²) >= 11 is 7.65. The van der Waals surface area contributed by atoms with Crippen LogP contribution >= 0.6 is 22.9 Å². The number of hydrogen-bond donors (Lipinski definition) is 1. The van der Waals surface area contributed by atoms with Crippen LogP contribution in [0, 0.1) is 13.8 Å². The highest BCUT2D eigenvalue weighted by Gasteiger charge is 2.22. The van der Waals surface area contributed by atoms with Crippen molar-refractivity contribution in [1.82, 2.24) is 24.4 Å². The Balaban J connectivity index is 1.23. The molecule has 0 spiro atoms. The van der Waals surface area contributed by atoms with Crippen molar-refractivity contribution in [3.63, 3.8) is 0 Å². The quantitative estimate of drug-likeness (QED) is 0.440. The molecule has 0 bridgehead atoms. The van der Waals surface area contributed by atoms with Crippen molar-refractivity contribution in [2.75, 3.05) is 31.5 Å². The molecule has 0 radical (unpaired) electrons. The summed E-state index contributed by atoms with van der Waals surface area (Å²) in [4.78, 5) is 34.6. The summed E-state index contributed by atoms with van der Waals surface area (Å²) in [5, 5.41) is 8.64. The standard InChI is InChI=1S/C25H25ClN6O2S/c1-16-3-6-18(7-4-16)23-29-32-22(33)14-19(27-25(32)35-23)15-30-9-11-31(12-10-30)24(34)28-21-8-5-17(2)13-20(21)26/h3-8,13-14H,9-12,15H2,1-2H3,(H,28,34). The van der Waals surface area contributed by atoms with Gasteiger partial charge in [-0.3, -0.25) is 9.69 Å². The van der Waals surface area contributed by atoms with E-state index in [4.69, 9.17) is 16.6 Å². The van der Waals surface area contributed by atoms with Gasteiger partial charge in [-0.25, -0.2) is 9.78 Å². The summed E-state index contributed by atoms with van der Waals surface area (Å²) in [6, 6.07) is 15.0. The molecule has 0 aliphatic carbocycles. The molecular weight excluding hydrogens is 484 g/mol. The van der Waals surface area contributed by atoms with Crippen LogP contribution in [0.25, 0.3) is 15.5 Å². The lowest BCUT2D eigenvalue weighted by Gasteiger charge is -2.34. The van der Waals surface area contributed by atoms with Gasteiger partial charge in [-0.1, -0.05) is 58.8 Å². The molecular formula is C25H25ClN6O2S. The molecule has 35 heavy (non-hydrogen) atoms. The van der Waals surface area contributed by atoms with Gasteiger partial charge in [0.15, 0.2) is 0 Å². The summed E-state index contributed by atoms with van der Waals surface area (Å²) in [6.45, 7) is 7.06. The Kier molecular flexibility index (Phi) is 6.55. The summed E-state index contributed by atoms with van der Waals surface area (Å²) in [5.74, 6) is 0. The molecule has 1 N–H and O–H groups in total. The van der Waals surface area contributed by atoms with E-state index in [9.17, 15) is 9.59 Å². The van der Waals surface area contributed by atoms with E-state index in [1.165, 1.54) is 21.4 Å². The van der Waals surface area contributed by atoms with Crippen molar-refractivity contribution in [2.24, 2.45) is 0 Å². The number of aromatic nitrogens is 3. The van der Waals surface area contributed by atoms with Crippen LogP contribution in [0.1, 0.15) is 16.8 Å². The van der Waals surface area contributed by atoms with Crippen molar-refractivity contribution in [2.45, 2.75) is 20.4 Å². The molecule has 3 heterocycles. The van der Waals surface area contributed by atoms with Gasteiger partial charge in [0.2, 0.25) is 4.96 Å². The predicted molar refractivity (Wildman–Crippen MR) is 139 cm³/mol. The minimum atomic E-state index is -0.187. The second-order valence-electron chi connectivity index (χ2n) is 8.73. The molecule has 5 rings (SSSR count). The third-order valence-electron chi connectivity index (χ3n) is 6.01. The van der Waals surface area contributed by atoms with Crippen LogP contribution in [0.2, 0.25) is 5.02 Å². The van der Waals surface area contributed by atoms with Crippen molar-refractivity contribution >= 4 is 39.6 Å². The zero-order valence-electron chi connectivity index (χ0n) is 19.5. The van der Waals surface area contributed by atoms with Gasteiger partial charge in [0.25, 0.3) is 5.56 Å². The maximum absolute atomic E-state index is 12.7. The fourth-order valence-corrected chi connectivity index (χ4v) is 5.22. The second-order valence-corrected chi connectivity index (χ2v) is 10.1. The lowest BCUT2D eigenvalue weighted by atomic mass is 10.2. The molecule has 2 aromatic carbocycles. The van der Waals surface area contributed by atoms with E-state index >= 15 is 0 Å². The first kappa shape index (κ1) is 23.5. The molecule has 0 atom stereocenters. The molecule has 0 saturated carbocycles. The van der Waals surface area contributed by atoms with Crippen LogP contribution in [0.4, 0.5) is 10.5 Å². The van der Waals surface area contributed by atoms with Gasteiger partial charge >= 0.3 is 6.03 Å². The molecule has 1 fully saturated rings. The number of halogens is 1. The van der Waals surface area contributed by atoms with Gasteiger partial charge in [0.05, 0.1) is 16.4 Å². The summed E-state index contributed by atoms with van der Waals surface area (Å²) in [7, 11) is 0. The maximum atomic E-state index is 12.7. The summed E-state index contributed by atoms with van der Waals surface area (Å²) in [6.07, 6.45) is 0. The smallest absolute Gasteiger partial charge is 0.321 e. The van der Waals surface area contributed by atoms with Crippen LogP contribution in [0.5, 0.6) is 0 Å². The van der Waals surface area contributed by atoms with Gasteiger partial charge in [-0.2, -0.15) is 9.61 Å². The summed E-state index contributed by atoms with van der Waals surface area (Å²) < 4.78 is 1.36. The average molecular weight is 509 g/mol. The van der Waals surface area contributed by atoms with Gasteiger partial charge < -0.3 is 10.2 Å². The molecule has 8 nitrogen and oxygen atoms in total. The number of piperazine rings is 1. The van der Waals surface area contributed by atoms with Crippen LogP contribution in [0.3, 0.4) is 0 Å². The molecule has 1 saturated heterocycles. The first-order valence-corrected chi connectivity index (χ1v) is 12.6. The minimum Gasteiger partial charge on any atom is -0.322 e. The lowest BCUT2D eigenvalue weighted by Crippen LogP contribution is -2.49. The molecule has 180 valence electrons. The Morgan fingerprint density at radius 2 is 1.74 bits per heavy atom. The highest BCUT2D eigenvalue weighted by atomic mass is 35.5.